The van der Waals surface area contributed by atoms with Gasteiger partial charge in [-0.05, 0) is 6.92 Å². The van der Waals surface area contributed by atoms with Gasteiger partial charge in [-0.3, -0.25) is 4.90 Å². The maximum absolute atomic E-state index is 3.85. The number of nitrogens with zero attached hydrogens (tertiary/aromatic N) is 1. The summed E-state index contributed by atoms with van der Waals surface area (Å²) in [5.41, 5.74) is 1.25. The van der Waals surface area contributed by atoms with Crippen LogP contribution in [0.15, 0.2) is 12.2 Å². The van der Waals surface area contributed by atoms with Gasteiger partial charge in [-0.15, -0.1) is 0 Å². The van der Waals surface area contributed by atoms with E-state index >= 15 is 0 Å². The Morgan fingerprint density at radius 1 is 1.78 bits per heavy atom. The molecule has 0 aromatic rings. The second-order valence-electron chi connectivity index (χ2n) is 2.67. The van der Waals surface area contributed by atoms with E-state index in [0.29, 0.717) is 0 Å². The number of rotatable bonds is 2. The van der Waals surface area contributed by atoms with Crippen molar-refractivity contribution in [1.82, 2.24) is 10.2 Å². The molecule has 1 aliphatic heterocycles. The molecule has 1 rings (SSSR count). The first-order valence-electron chi connectivity index (χ1n) is 3.36. The standard InChI is InChI=1S/C7H14N2/c1-7(2)5-9-4-3-8-6-9/h8H,1,3-6H2,2H3. The molecule has 0 saturated carbocycles. The molecule has 0 aliphatic carbocycles. The fourth-order valence-corrected chi connectivity index (χ4v) is 1.07. The van der Waals surface area contributed by atoms with Crippen molar-refractivity contribution >= 4 is 0 Å². The van der Waals surface area contributed by atoms with Crippen molar-refractivity contribution in [3.8, 4) is 0 Å². The van der Waals surface area contributed by atoms with Gasteiger partial charge in [-0.2, -0.15) is 0 Å². The van der Waals surface area contributed by atoms with Crippen LogP contribution in [0.4, 0.5) is 0 Å². The molecule has 52 valence electrons. The Labute approximate surface area is 56.5 Å². The first-order valence-corrected chi connectivity index (χ1v) is 3.36. The number of hydrogen-bond acceptors (Lipinski definition) is 2. The highest BCUT2D eigenvalue weighted by molar-refractivity contribution is 4.92. The molecule has 9 heavy (non-hydrogen) atoms. The van der Waals surface area contributed by atoms with Gasteiger partial charge in [-0.1, -0.05) is 12.2 Å². The van der Waals surface area contributed by atoms with Crippen LogP contribution in [0.1, 0.15) is 6.92 Å². The second kappa shape index (κ2) is 2.99. The lowest BCUT2D eigenvalue weighted by Crippen LogP contribution is -2.23. The smallest absolute Gasteiger partial charge is 0.0484 e. The molecular formula is C7H14N2. The summed E-state index contributed by atoms with van der Waals surface area (Å²) in [6.07, 6.45) is 0. The number of nitrogens with one attached hydrogen (secondary N) is 1. The van der Waals surface area contributed by atoms with Gasteiger partial charge in [0.15, 0.2) is 0 Å². The molecule has 2 heteroatoms. The molecule has 0 aromatic carbocycles. The normalized spacial score (nSPS) is 20.6. The van der Waals surface area contributed by atoms with Crippen LogP contribution in [0.3, 0.4) is 0 Å². The van der Waals surface area contributed by atoms with Crippen LogP contribution < -0.4 is 5.32 Å². The summed E-state index contributed by atoms with van der Waals surface area (Å²) in [6, 6.07) is 0. The van der Waals surface area contributed by atoms with E-state index in [4.69, 9.17) is 0 Å². The lowest BCUT2D eigenvalue weighted by atomic mass is 10.3. The van der Waals surface area contributed by atoms with E-state index in [0.717, 1.165) is 19.8 Å². The van der Waals surface area contributed by atoms with Crippen molar-refractivity contribution in [1.29, 1.82) is 0 Å². The average Bonchev–Trinajstić information content (AvgIpc) is 2.15. The highest BCUT2D eigenvalue weighted by atomic mass is 15.3. The van der Waals surface area contributed by atoms with E-state index in [1.807, 2.05) is 0 Å². The molecule has 0 amide bonds. The minimum atomic E-state index is 1.03. The second-order valence-corrected chi connectivity index (χ2v) is 2.67. The van der Waals surface area contributed by atoms with Gasteiger partial charge in [0.1, 0.15) is 0 Å². The zero-order valence-electron chi connectivity index (χ0n) is 5.98. The third-order valence-electron chi connectivity index (χ3n) is 1.43. The van der Waals surface area contributed by atoms with Gasteiger partial charge < -0.3 is 5.32 Å². The highest BCUT2D eigenvalue weighted by Crippen LogP contribution is 1.96. The summed E-state index contributed by atoms with van der Waals surface area (Å²) in [5, 5.41) is 3.26. The Kier molecular flexibility index (Phi) is 2.25. The minimum Gasteiger partial charge on any atom is -0.303 e. The molecule has 1 aliphatic rings. The van der Waals surface area contributed by atoms with E-state index in [1.54, 1.807) is 0 Å². The van der Waals surface area contributed by atoms with Gasteiger partial charge >= 0.3 is 0 Å². The summed E-state index contributed by atoms with van der Waals surface area (Å²) < 4.78 is 0. The Balaban J connectivity index is 2.19. The molecule has 0 spiro atoms. The molecule has 1 heterocycles. The summed E-state index contributed by atoms with van der Waals surface area (Å²) in [5.74, 6) is 0. The molecule has 1 fully saturated rings. The van der Waals surface area contributed by atoms with Crippen molar-refractivity contribution in [3.05, 3.63) is 12.2 Å². The van der Waals surface area contributed by atoms with Crippen molar-refractivity contribution < 1.29 is 0 Å². The lowest BCUT2D eigenvalue weighted by Gasteiger charge is -2.12. The molecule has 1 N–H and O–H groups in total. The van der Waals surface area contributed by atoms with Gasteiger partial charge in [0.25, 0.3) is 0 Å². The zero-order chi connectivity index (χ0) is 6.69. The third kappa shape index (κ3) is 2.16. The van der Waals surface area contributed by atoms with Gasteiger partial charge in [0.05, 0.1) is 0 Å². The maximum Gasteiger partial charge on any atom is 0.0484 e. The Hall–Kier alpha value is -0.340. The predicted octanol–water partition coefficient (Wildman–Crippen LogP) is 0.425. The largest absolute Gasteiger partial charge is 0.303 e. The number of hydrogen-bond donors (Lipinski definition) is 1. The topological polar surface area (TPSA) is 15.3 Å². The summed E-state index contributed by atoms with van der Waals surface area (Å²) in [7, 11) is 0. The zero-order valence-corrected chi connectivity index (χ0v) is 5.98. The van der Waals surface area contributed by atoms with E-state index in [1.165, 1.54) is 12.1 Å². The van der Waals surface area contributed by atoms with Crippen LogP contribution in [0.2, 0.25) is 0 Å². The van der Waals surface area contributed by atoms with Crippen LogP contribution in [-0.2, 0) is 0 Å². The predicted molar refractivity (Wildman–Crippen MR) is 39.3 cm³/mol. The minimum absolute atomic E-state index is 1.03. The van der Waals surface area contributed by atoms with Crippen molar-refractivity contribution in [2.45, 2.75) is 6.92 Å². The van der Waals surface area contributed by atoms with Crippen molar-refractivity contribution in [2.24, 2.45) is 0 Å². The van der Waals surface area contributed by atoms with Crippen LogP contribution in [-0.4, -0.2) is 31.2 Å². The fourth-order valence-electron chi connectivity index (χ4n) is 1.07. The van der Waals surface area contributed by atoms with Crippen LogP contribution in [0, 0.1) is 0 Å². The molecular weight excluding hydrogens is 112 g/mol. The Morgan fingerprint density at radius 3 is 3.00 bits per heavy atom. The van der Waals surface area contributed by atoms with E-state index in [-0.39, 0.29) is 0 Å². The third-order valence-corrected chi connectivity index (χ3v) is 1.43. The molecule has 2 nitrogen and oxygen atoms in total. The molecule has 0 unspecified atom stereocenters. The van der Waals surface area contributed by atoms with Crippen molar-refractivity contribution in [2.75, 3.05) is 26.3 Å². The van der Waals surface area contributed by atoms with Crippen LogP contribution in [0.25, 0.3) is 0 Å². The summed E-state index contributed by atoms with van der Waals surface area (Å²) >= 11 is 0. The lowest BCUT2D eigenvalue weighted by molar-refractivity contribution is 0.364. The van der Waals surface area contributed by atoms with E-state index < -0.39 is 0 Å². The molecule has 0 bridgehead atoms. The Morgan fingerprint density at radius 2 is 2.56 bits per heavy atom. The van der Waals surface area contributed by atoms with Crippen LogP contribution >= 0.6 is 0 Å². The first-order chi connectivity index (χ1) is 4.29. The summed E-state index contributed by atoms with van der Waals surface area (Å²) in [4.78, 5) is 2.35. The molecule has 0 aromatic heterocycles. The molecule has 0 atom stereocenters. The Bertz CT molecular complexity index is 103. The average molecular weight is 126 g/mol. The van der Waals surface area contributed by atoms with Gasteiger partial charge in [0.2, 0.25) is 0 Å². The molecule has 1 saturated heterocycles. The van der Waals surface area contributed by atoms with Crippen molar-refractivity contribution in [3.63, 3.8) is 0 Å². The van der Waals surface area contributed by atoms with E-state index in [2.05, 4.69) is 23.7 Å². The monoisotopic (exact) mass is 126 g/mol. The SMILES string of the molecule is C=C(C)CN1CCNC1. The van der Waals surface area contributed by atoms with Crippen LogP contribution in [0.5, 0.6) is 0 Å². The van der Waals surface area contributed by atoms with E-state index in [9.17, 15) is 0 Å². The highest BCUT2D eigenvalue weighted by Gasteiger charge is 2.08. The summed E-state index contributed by atoms with van der Waals surface area (Å²) in [6.45, 7) is 10.3. The molecule has 0 radical (unpaired) electrons. The first kappa shape index (κ1) is 6.78. The van der Waals surface area contributed by atoms with Gasteiger partial charge in [0, 0.05) is 26.3 Å². The van der Waals surface area contributed by atoms with Gasteiger partial charge in [-0.25, -0.2) is 0 Å². The maximum atomic E-state index is 3.85. The fraction of sp³-hybridized carbons (Fsp3) is 0.714. The quantitative estimate of drug-likeness (QED) is 0.540.